The van der Waals surface area contributed by atoms with Crippen LogP contribution in [-0.2, 0) is 0 Å². The summed E-state index contributed by atoms with van der Waals surface area (Å²) in [5, 5.41) is 12.5. The van der Waals surface area contributed by atoms with Gasteiger partial charge in [-0.15, -0.1) is 0 Å². The van der Waals surface area contributed by atoms with E-state index in [2.05, 4.69) is 10.3 Å². The van der Waals surface area contributed by atoms with Crippen molar-refractivity contribution < 1.29 is 14.6 Å². The van der Waals surface area contributed by atoms with Gasteiger partial charge in [-0.1, -0.05) is 19.9 Å². The first-order valence-electron chi connectivity index (χ1n) is 9.00. The van der Waals surface area contributed by atoms with Crippen LogP contribution in [0.15, 0.2) is 12.1 Å². The van der Waals surface area contributed by atoms with Gasteiger partial charge in [0.1, 0.15) is 5.69 Å². The molecule has 2 N–H and O–H groups in total. The third-order valence-corrected chi connectivity index (χ3v) is 5.29. The van der Waals surface area contributed by atoms with E-state index in [9.17, 15) is 9.90 Å². The van der Waals surface area contributed by atoms with E-state index < -0.39 is 5.54 Å². The number of nitrogens with one attached hydrogen (secondary N) is 1. The Hall–Kier alpha value is -1.62. The lowest BCUT2D eigenvalue weighted by Gasteiger charge is -2.32. The SMILES string of the molecule is CC(C)C(C)(CO)NC(=O)c1ccc(C2CC2)c(OCC2CC2)n1. The third kappa shape index (κ3) is 3.89. The molecule has 3 rings (SSSR count). The number of carbonyl (C=O) groups is 1. The van der Waals surface area contributed by atoms with Crippen molar-refractivity contribution in [3.8, 4) is 5.88 Å². The fraction of sp³-hybridized carbons (Fsp3) is 0.684. The zero-order chi connectivity index (χ0) is 17.3. The molecule has 5 heteroatoms. The van der Waals surface area contributed by atoms with E-state index in [4.69, 9.17) is 4.74 Å². The number of carbonyl (C=O) groups excluding carboxylic acids is 1. The number of hydrogen-bond donors (Lipinski definition) is 2. The number of nitrogens with zero attached hydrogens (tertiary/aromatic N) is 1. The molecule has 1 atom stereocenters. The lowest BCUT2D eigenvalue weighted by Crippen LogP contribution is -2.52. The Kier molecular flexibility index (Phi) is 4.81. The monoisotopic (exact) mass is 332 g/mol. The van der Waals surface area contributed by atoms with Crippen LogP contribution in [0.1, 0.15) is 68.4 Å². The molecule has 5 nitrogen and oxygen atoms in total. The zero-order valence-electron chi connectivity index (χ0n) is 14.8. The molecule has 0 radical (unpaired) electrons. The maximum Gasteiger partial charge on any atom is 0.270 e. The van der Waals surface area contributed by atoms with E-state index in [-0.39, 0.29) is 18.4 Å². The van der Waals surface area contributed by atoms with Gasteiger partial charge >= 0.3 is 0 Å². The molecule has 1 unspecified atom stereocenters. The number of amides is 1. The molecule has 0 aliphatic heterocycles. The van der Waals surface area contributed by atoms with Crippen LogP contribution in [0.2, 0.25) is 0 Å². The van der Waals surface area contributed by atoms with Gasteiger partial charge in [0, 0.05) is 5.56 Å². The molecule has 1 aromatic heterocycles. The normalized spacial score (nSPS) is 19.9. The van der Waals surface area contributed by atoms with Gasteiger partial charge in [0.25, 0.3) is 5.91 Å². The summed E-state index contributed by atoms with van der Waals surface area (Å²) in [4.78, 5) is 17.1. The molecule has 0 saturated heterocycles. The number of aromatic nitrogens is 1. The molecule has 2 fully saturated rings. The highest BCUT2D eigenvalue weighted by Crippen LogP contribution is 2.44. The quantitative estimate of drug-likeness (QED) is 0.768. The maximum atomic E-state index is 12.6. The van der Waals surface area contributed by atoms with Crippen LogP contribution in [0.5, 0.6) is 5.88 Å². The van der Waals surface area contributed by atoms with E-state index in [1.165, 1.54) is 25.7 Å². The highest BCUT2D eigenvalue weighted by atomic mass is 16.5. The van der Waals surface area contributed by atoms with Crippen LogP contribution in [-0.4, -0.2) is 34.8 Å². The van der Waals surface area contributed by atoms with Crippen molar-refractivity contribution in [2.75, 3.05) is 13.2 Å². The van der Waals surface area contributed by atoms with Gasteiger partial charge in [-0.3, -0.25) is 4.79 Å². The van der Waals surface area contributed by atoms with Crippen molar-refractivity contribution in [1.82, 2.24) is 10.3 Å². The summed E-state index contributed by atoms with van der Waals surface area (Å²) in [5.41, 5.74) is 0.815. The van der Waals surface area contributed by atoms with Gasteiger partial charge in [-0.05, 0) is 56.4 Å². The number of aliphatic hydroxyl groups excluding tert-OH is 1. The van der Waals surface area contributed by atoms with Crippen LogP contribution in [0.25, 0.3) is 0 Å². The van der Waals surface area contributed by atoms with E-state index in [0.29, 0.717) is 30.0 Å². The fourth-order valence-corrected chi connectivity index (χ4v) is 2.57. The van der Waals surface area contributed by atoms with E-state index in [0.717, 1.165) is 5.56 Å². The lowest BCUT2D eigenvalue weighted by atomic mass is 9.89. The first-order chi connectivity index (χ1) is 11.4. The minimum Gasteiger partial charge on any atom is -0.477 e. The van der Waals surface area contributed by atoms with Crippen molar-refractivity contribution in [2.45, 2.75) is 57.9 Å². The summed E-state index contributed by atoms with van der Waals surface area (Å²) in [5.74, 6) is 1.64. The number of pyridine rings is 1. The average molecular weight is 332 g/mol. The van der Waals surface area contributed by atoms with Crippen LogP contribution >= 0.6 is 0 Å². The molecule has 0 bridgehead atoms. The summed E-state index contributed by atoms with van der Waals surface area (Å²) in [6.07, 6.45) is 4.79. The van der Waals surface area contributed by atoms with Crippen molar-refractivity contribution in [2.24, 2.45) is 11.8 Å². The molecular formula is C19H28N2O3. The Balaban J connectivity index is 1.76. The molecule has 24 heavy (non-hydrogen) atoms. The molecule has 0 aromatic carbocycles. The maximum absolute atomic E-state index is 12.6. The molecular weight excluding hydrogens is 304 g/mol. The third-order valence-electron chi connectivity index (χ3n) is 5.29. The minimum absolute atomic E-state index is 0.110. The Morgan fingerprint density at radius 1 is 1.38 bits per heavy atom. The van der Waals surface area contributed by atoms with Crippen molar-refractivity contribution in [3.05, 3.63) is 23.4 Å². The second-order valence-electron chi connectivity index (χ2n) is 7.80. The van der Waals surface area contributed by atoms with Gasteiger partial charge in [0.05, 0.1) is 18.8 Å². The Labute approximate surface area is 143 Å². The Morgan fingerprint density at radius 2 is 2.08 bits per heavy atom. The highest BCUT2D eigenvalue weighted by Gasteiger charge is 2.32. The summed E-state index contributed by atoms with van der Waals surface area (Å²) in [7, 11) is 0. The number of hydrogen-bond acceptors (Lipinski definition) is 4. The van der Waals surface area contributed by atoms with E-state index >= 15 is 0 Å². The van der Waals surface area contributed by atoms with Gasteiger partial charge in [0.15, 0.2) is 0 Å². The molecule has 1 amide bonds. The number of aliphatic hydroxyl groups is 1. The van der Waals surface area contributed by atoms with Gasteiger partial charge < -0.3 is 15.2 Å². The predicted molar refractivity (Wildman–Crippen MR) is 92.2 cm³/mol. The molecule has 1 heterocycles. The van der Waals surface area contributed by atoms with Gasteiger partial charge in [0.2, 0.25) is 5.88 Å². The second kappa shape index (κ2) is 6.71. The lowest BCUT2D eigenvalue weighted by molar-refractivity contribution is 0.0778. The van der Waals surface area contributed by atoms with Crippen molar-refractivity contribution in [1.29, 1.82) is 0 Å². The van der Waals surface area contributed by atoms with Crippen LogP contribution in [0, 0.1) is 11.8 Å². The van der Waals surface area contributed by atoms with Gasteiger partial charge in [-0.2, -0.15) is 0 Å². The molecule has 0 spiro atoms. The zero-order valence-corrected chi connectivity index (χ0v) is 14.8. The largest absolute Gasteiger partial charge is 0.477 e. The molecule has 2 aliphatic rings. The smallest absolute Gasteiger partial charge is 0.270 e. The van der Waals surface area contributed by atoms with Crippen LogP contribution < -0.4 is 10.1 Å². The van der Waals surface area contributed by atoms with Crippen molar-refractivity contribution in [3.63, 3.8) is 0 Å². The summed E-state index contributed by atoms with van der Waals surface area (Å²) >= 11 is 0. The summed E-state index contributed by atoms with van der Waals surface area (Å²) < 4.78 is 5.92. The summed E-state index contributed by atoms with van der Waals surface area (Å²) in [6, 6.07) is 3.75. The Morgan fingerprint density at radius 3 is 2.62 bits per heavy atom. The van der Waals surface area contributed by atoms with Crippen LogP contribution in [0.3, 0.4) is 0 Å². The number of rotatable bonds is 8. The molecule has 132 valence electrons. The molecule has 2 aliphatic carbocycles. The van der Waals surface area contributed by atoms with E-state index in [1.54, 1.807) is 6.07 Å². The fourth-order valence-electron chi connectivity index (χ4n) is 2.57. The van der Waals surface area contributed by atoms with Crippen LogP contribution in [0.4, 0.5) is 0 Å². The van der Waals surface area contributed by atoms with Gasteiger partial charge in [-0.25, -0.2) is 4.98 Å². The minimum atomic E-state index is -0.664. The predicted octanol–water partition coefficient (Wildman–Crippen LogP) is 2.88. The first-order valence-corrected chi connectivity index (χ1v) is 9.00. The average Bonchev–Trinajstić information content (AvgIpc) is 3.46. The topological polar surface area (TPSA) is 71.5 Å². The number of ether oxygens (including phenoxy) is 1. The second-order valence-corrected chi connectivity index (χ2v) is 7.80. The highest BCUT2D eigenvalue weighted by molar-refractivity contribution is 5.93. The van der Waals surface area contributed by atoms with Crippen molar-refractivity contribution >= 4 is 5.91 Å². The molecule has 1 aromatic rings. The Bertz CT molecular complexity index is 609. The van der Waals surface area contributed by atoms with E-state index in [1.807, 2.05) is 26.8 Å². The standard InChI is InChI=1S/C19H28N2O3/c1-12(2)19(3,11-22)21-17(23)16-9-8-15(14-6-7-14)18(20-16)24-10-13-4-5-13/h8-9,12-14,22H,4-7,10-11H2,1-3H3,(H,21,23). The summed E-state index contributed by atoms with van der Waals surface area (Å²) in [6.45, 7) is 6.38. The first kappa shape index (κ1) is 17.2. The molecule has 2 saturated carbocycles.